The minimum absolute atomic E-state index is 0.108. The number of β-amino-alcohol motifs (C(OH)–C–C–N with tert-alkyl or cyclic N) is 1. The fraction of sp³-hybridized carbons (Fsp3) is 1.00. The maximum Gasteiger partial charge on any atom is 0.0639 e. The quantitative estimate of drug-likeness (QED) is 0.791. The SMILES string of the molecule is CC(O)CN1CCCCC1C1CCCCC1O. The molecule has 4 unspecified atom stereocenters. The van der Waals surface area contributed by atoms with Gasteiger partial charge in [0.1, 0.15) is 0 Å². The van der Waals surface area contributed by atoms with Crippen LogP contribution >= 0.6 is 0 Å². The molecule has 1 saturated heterocycles. The molecule has 17 heavy (non-hydrogen) atoms. The molecule has 2 rings (SSSR count). The van der Waals surface area contributed by atoms with Crippen LogP contribution in [-0.4, -0.2) is 46.5 Å². The first kappa shape index (κ1) is 13.3. The van der Waals surface area contributed by atoms with Crippen molar-refractivity contribution in [3.8, 4) is 0 Å². The molecule has 1 aliphatic carbocycles. The number of likely N-dealkylation sites (tertiary alicyclic amines) is 1. The maximum absolute atomic E-state index is 10.2. The molecule has 100 valence electrons. The summed E-state index contributed by atoms with van der Waals surface area (Å²) in [5.41, 5.74) is 0. The highest BCUT2D eigenvalue weighted by Crippen LogP contribution is 2.34. The van der Waals surface area contributed by atoms with Crippen molar-refractivity contribution in [2.75, 3.05) is 13.1 Å². The molecule has 0 aromatic heterocycles. The highest BCUT2D eigenvalue weighted by Gasteiger charge is 2.35. The summed E-state index contributed by atoms with van der Waals surface area (Å²) < 4.78 is 0. The van der Waals surface area contributed by atoms with Crippen molar-refractivity contribution in [3.05, 3.63) is 0 Å². The van der Waals surface area contributed by atoms with Crippen LogP contribution in [0.4, 0.5) is 0 Å². The van der Waals surface area contributed by atoms with Crippen molar-refractivity contribution in [3.63, 3.8) is 0 Å². The van der Waals surface area contributed by atoms with Crippen LogP contribution in [0.3, 0.4) is 0 Å². The molecule has 1 aliphatic heterocycles. The number of rotatable bonds is 3. The second-order valence-corrected chi connectivity index (χ2v) is 5.92. The summed E-state index contributed by atoms with van der Waals surface area (Å²) in [6.07, 6.45) is 7.96. The topological polar surface area (TPSA) is 43.7 Å². The molecule has 3 nitrogen and oxygen atoms in total. The summed E-state index contributed by atoms with van der Waals surface area (Å²) in [6, 6.07) is 0.508. The lowest BCUT2D eigenvalue weighted by Crippen LogP contribution is -2.50. The minimum atomic E-state index is -0.253. The third kappa shape index (κ3) is 3.43. The van der Waals surface area contributed by atoms with E-state index in [9.17, 15) is 10.2 Å². The van der Waals surface area contributed by atoms with Gasteiger partial charge >= 0.3 is 0 Å². The standard InChI is InChI=1S/C14H27NO2/c1-11(16)10-15-9-5-4-7-13(15)12-6-2-3-8-14(12)17/h11-14,16-17H,2-10H2,1H3. The number of nitrogens with zero attached hydrogens (tertiary/aromatic N) is 1. The van der Waals surface area contributed by atoms with Crippen molar-refractivity contribution in [2.24, 2.45) is 5.92 Å². The van der Waals surface area contributed by atoms with Crippen LogP contribution in [0.25, 0.3) is 0 Å². The summed E-state index contributed by atoms with van der Waals surface area (Å²) >= 11 is 0. The average Bonchev–Trinajstić information content (AvgIpc) is 2.30. The van der Waals surface area contributed by atoms with E-state index in [4.69, 9.17) is 0 Å². The van der Waals surface area contributed by atoms with Crippen LogP contribution in [0.1, 0.15) is 51.9 Å². The summed E-state index contributed by atoms with van der Waals surface area (Å²) in [4.78, 5) is 2.42. The van der Waals surface area contributed by atoms with Gasteiger partial charge in [-0.05, 0) is 39.2 Å². The molecule has 1 saturated carbocycles. The van der Waals surface area contributed by atoms with Gasteiger partial charge in [0.15, 0.2) is 0 Å². The first-order valence-electron chi connectivity index (χ1n) is 7.28. The molecule has 2 fully saturated rings. The zero-order valence-corrected chi connectivity index (χ0v) is 11.0. The van der Waals surface area contributed by atoms with Gasteiger partial charge in [-0.2, -0.15) is 0 Å². The Bertz CT molecular complexity index is 232. The molecule has 0 radical (unpaired) electrons. The van der Waals surface area contributed by atoms with Crippen molar-refractivity contribution < 1.29 is 10.2 Å². The normalized spacial score (nSPS) is 37.9. The zero-order chi connectivity index (χ0) is 12.3. The predicted molar refractivity (Wildman–Crippen MR) is 68.9 cm³/mol. The van der Waals surface area contributed by atoms with Crippen molar-refractivity contribution in [2.45, 2.75) is 70.1 Å². The number of piperidine rings is 1. The summed E-state index contributed by atoms with van der Waals surface area (Å²) in [5.74, 6) is 0.447. The van der Waals surface area contributed by atoms with Gasteiger partial charge in [-0.15, -0.1) is 0 Å². The average molecular weight is 241 g/mol. The van der Waals surface area contributed by atoms with Crippen LogP contribution in [0, 0.1) is 5.92 Å². The van der Waals surface area contributed by atoms with Gasteiger partial charge in [0.2, 0.25) is 0 Å². The Morgan fingerprint density at radius 1 is 1.12 bits per heavy atom. The minimum Gasteiger partial charge on any atom is -0.393 e. The Hall–Kier alpha value is -0.120. The lowest BCUT2D eigenvalue weighted by Gasteiger charge is -2.44. The van der Waals surface area contributed by atoms with E-state index in [2.05, 4.69) is 4.90 Å². The second-order valence-electron chi connectivity index (χ2n) is 5.92. The Kier molecular flexibility index (Phi) is 4.83. The summed E-state index contributed by atoms with van der Waals surface area (Å²) in [5, 5.41) is 19.8. The highest BCUT2D eigenvalue weighted by molar-refractivity contribution is 4.89. The first-order valence-corrected chi connectivity index (χ1v) is 7.28. The predicted octanol–water partition coefficient (Wildman–Crippen LogP) is 1.77. The van der Waals surface area contributed by atoms with Crippen molar-refractivity contribution >= 4 is 0 Å². The van der Waals surface area contributed by atoms with E-state index in [0.29, 0.717) is 12.0 Å². The molecule has 0 bridgehead atoms. The molecular weight excluding hydrogens is 214 g/mol. The lowest BCUT2D eigenvalue weighted by molar-refractivity contribution is -0.0185. The van der Waals surface area contributed by atoms with Gasteiger partial charge in [0, 0.05) is 18.5 Å². The van der Waals surface area contributed by atoms with E-state index in [1.54, 1.807) is 0 Å². The first-order chi connectivity index (χ1) is 8.18. The lowest BCUT2D eigenvalue weighted by atomic mass is 9.78. The largest absolute Gasteiger partial charge is 0.393 e. The fourth-order valence-electron chi connectivity index (χ4n) is 3.66. The van der Waals surface area contributed by atoms with Gasteiger partial charge in [-0.3, -0.25) is 4.90 Å². The fourth-order valence-corrected chi connectivity index (χ4v) is 3.66. The van der Waals surface area contributed by atoms with Gasteiger partial charge < -0.3 is 10.2 Å². The zero-order valence-electron chi connectivity index (χ0n) is 11.0. The molecule has 4 atom stereocenters. The third-order valence-corrected chi connectivity index (χ3v) is 4.44. The smallest absolute Gasteiger partial charge is 0.0639 e. The Balaban J connectivity index is 1.99. The number of hydrogen-bond donors (Lipinski definition) is 2. The van der Waals surface area contributed by atoms with Crippen molar-refractivity contribution in [1.82, 2.24) is 4.90 Å². The number of aliphatic hydroxyl groups is 2. The molecule has 3 heteroatoms. The molecule has 2 N–H and O–H groups in total. The second kappa shape index (κ2) is 6.17. The Morgan fingerprint density at radius 2 is 1.82 bits per heavy atom. The molecule has 0 spiro atoms. The van der Waals surface area contributed by atoms with Crippen LogP contribution in [0.2, 0.25) is 0 Å². The highest BCUT2D eigenvalue weighted by atomic mass is 16.3. The van der Waals surface area contributed by atoms with Gasteiger partial charge in [0.05, 0.1) is 12.2 Å². The Morgan fingerprint density at radius 3 is 2.53 bits per heavy atom. The van der Waals surface area contributed by atoms with Gasteiger partial charge in [-0.1, -0.05) is 19.3 Å². The number of hydrogen-bond acceptors (Lipinski definition) is 3. The Labute approximate surface area is 105 Å². The molecular formula is C14H27NO2. The van der Waals surface area contributed by atoms with Crippen LogP contribution in [-0.2, 0) is 0 Å². The van der Waals surface area contributed by atoms with Gasteiger partial charge in [0.25, 0.3) is 0 Å². The van der Waals surface area contributed by atoms with E-state index >= 15 is 0 Å². The van der Waals surface area contributed by atoms with E-state index in [0.717, 1.165) is 19.5 Å². The summed E-state index contributed by atoms with van der Waals surface area (Å²) in [6.45, 7) is 3.73. The van der Waals surface area contributed by atoms with E-state index in [1.807, 2.05) is 6.92 Å². The third-order valence-electron chi connectivity index (χ3n) is 4.44. The molecule has 2 aliphatic rings. The van der Waals surface area contributed by atoms with Crippen LogP contribution in [0.15, 0.2) is 0 Å². The van der Waals surface area contributed by atoms with Gasteiger partial charge in [-0.25, -0.2) is 0 Å². The monoisotopic (exact) mass is 241 g/mol. The molecule has 0 aromatic carbocycles. The van der Waals surface area contributed by atoms with E-state index < -0.39 is 0 Å². The molecule has 0 amide bonds. The molecule has 1 heterocycles. The van der Waals surface area contributed by atoms with Crippen molar-refractivity contribution in [1.29, 1.82) is 0 Å². The van der Waals surface area contributed by atoms with E-state index in [-0.39, 0.29) is 12.2 Å². The molecule has 0 aromatic rings. The summed E-state index contributed by atoms with van der Waals surface area (Å²) in [7, 11) is 0. The number of aliphatic hydroxyl groups excluding tert-OH is 2. The van der Waals surface area contributed by atoms with Crippen LogP contribution < -0.4 is 0 Å². The van der Waals surface area contributed by atoms with E-state index in [1.165, 1.54) is 38.5 Å². The maximum atomic E-state index is 10.2. The van der Waals surface area contributed by atoms with Crippen LogP contribution in [0.5, 0.6) is 0 Å².